The number of hydrogen-bond acceptors (Lipinski definition) is 3. The Morgan fingerprint density at radius 3 is 2.68 bits per heavy atom. The van der Waals surface area contributed by atoms with Crippen LogP contribution in [0.2, 0.25) is 5.02 Å². The van der Waals surface area contributed by atoms with Crippen molar-refractivity contribution in [1.82, 2.24) is 24.9 Å². The van der Waals surface area contributed by atoms with Gasteiger partial charge in [0.05, 0.1) is 23.5 Å². The molecule has 0 atom stereocenters. The lowest BCUT2D eigenvalue weighted by Gasteiger charge is -2.21. The molecule has 0 bridgehead atoms. The van der Waals surface area contributed by atoms with Gasteiger partial charge in [0.2, 0.25) is 0 Å². The third kappa shape index (κ3) is 5.34. The second-order valence-electron chi connectivity index (χ2n) is 4.81. The highest BCUT2D eigenvalue weighted by Crippen LogP contribution is 2.15. The number of hydrogen-bond donors (Lipinski definition) is 1. The molecule has 1 heterocycles. The van der Waals surface area contributed by atoms with Crippen LogP contribution in [0.3, 0.4) is 0 Å². The van der Waals surface area contributed by atoms with E-state index in [1.807, 2.05) is 19.0 Å². The minimum absolute atomic E-state index is 0.648. The number of nitrogens with one attached hydrogen (secondary N) is 1. The molecule has 0 radical (unpaired) electrons. The Kier molecular flexibility index (Phi) is 6.54. The van der Waals surface area contributed by atoms with E-state index in [4.69, 9.17) is 23.8 Å². The summed E-state index contributed by atoms with van der Waals surface area (Å²) < 4.78 is 1.77. The zero-order valence-corrected chi connectivity index (χ0v) is 13.6. The summed E-state index contributed by atoms with van der Waals surface area (Å²) in [7, 11) is 7.96. The Balaban J connectivity index is 2.37. The summed E-state index contributed by atoms with van der Waals surface area (Å²) in [6.45, 7) is 2.57. The molecule has 1 N–H and O–H groups in total. The van der Waals surface area contributed by atoms with Crippen LogP contribution >= 0.6 is 23.8 Å². The SMILES string of the molecule is CN(C)CCCNC(=S)N(C)Cc1c(Cl)cnn1C. The lowest BCUT2D eigenvalue weighted by Crippen LogP contribution is -2.38. The number of thiocarbonyl (C=S) groups is 1. The molecular formula is C12H22ClN5S. The second-order valence-corrected chi connectivity index (χ2v) is 5.60. The number of nitrogens with zero attached hydrogens (tertiary/aromatic N) is 4. The lowest BCUT2D eigenvalue weighted by atomic mass is 10.4. The second kappa shape index (κ2) is 7.67. The van der Waals surface area contributed by atoms with Crippen molar-refractivity contribution in [2.75, 3.05) is 34.2 Å². The van der Waals surface area contributed by atoms with Crippen LogP contribution < -0.4 is 5.32 Å². The molecule has 0 aromatic carbocycles. The van der Waals surface area contributed by atoms with Gasteiger partial charge in [-0.05, 0) is 39.3 Å². The van der Waals surface area contributed by atoms with Crippen molar-refractivity contribution in [3.8, 4) is 0 Å². The summed E-state index contributed by atoms with van der Waals surface area (Å²) in [5.74, 6) is 0. The summed E-state index contributed by atoms with van der Waals surface area (Å²) in [5, 5.41) is 8.76. The first-order valence-corrected chi connectivity index (χ1v) is 7.00. The Hall–Kier alpha value is -0.850. The highest BCUT2D eigenvalue weighted by molar-refractivity contribution is 7.80. The maximum Gasteiger partial charge on any atom is 0.169 e. The fourth-order valence-electron chi connectivity index (χ4n) is 1.64. The number of halogens is 1. The molecule has 0 fully saturated rings. The highest BCUT2D eigenvalue weighted by Gasteiger charge is 2.11. The van der Waals surface area contributed by atoms with Crippen LogP contribution in [-0.4, -0.2) is 58.9 Å². The maximum absolute atomic E-state index is 6.08. The molecular weight excluding hydrogens is 282 g/mol. The molecule has 1 aromatic rings. The minimum atomic E-state index is 0.648. The van der Waals surface area contributed by atoms with Gasteiger partial charge in [0.15, 0.2) is 5.11 Å². The Bertz CT molecular complexity index is 399. The van der Waals surface area contributed by atoms with Crippen molar-refractivity contribution in [3.63, 3.8) is 0 Å². The van der Waals surface area contributed by atoms with Crippen LogP contribution in [0.4, 0.5) is 0 Å². The third-order valence-corrected chi connectivity index (χ3v) is 3.57. The number of aromatic nitrogens is 2. The van der Waals surface area contributed by atoms with Crippen LogP contribution in [-0.2, 0) is 13.6 Å². The van der Waals surface area contributed by atoms with Gasteiger partial charge < -0.3 is 15.1 Å². The van der Waals surface area contributed by atoms with Gasteiger partial charge in [-0.2, -0.15) is 5.10 Å². The van der Waals surface area contributed by atoms with Crippen molar-refractivity contribution in [2.45, 2.75) is 13.0 Å². The van der Waals surface area contributed by atoms with Crippen LogP contribution in [0.15, 0.2) is 6.20 Å². The van der Waals surface area contributed by atoms with Gasteiger partial charge in [-0.1, -0.05) is 11.6 Å². The molecule has 1 aromatic heterocycles. The fourth-order valence-corrected chi connectivity index (χ4v) is 2.03. The molecule has 5 nitrogen and oxygen atoms in total. The largest absolute Gasteiger partial charge is 0.363 e. The molecule has 0 saturated heterocycles. The summed E-state index contributed by atoms with van der Waals surface area (Å²) in [4.78, 5) is 4.12. The highest BCUT2D eigenvalue weighted by atomic mass is 35.5. The summed E-state index contributed by atoms with van der Waals surface area (Å²) in [6.07, 6.45) is 2.71. The topological polar surface area (TPSA) is 36.3 Å². The zero-order valence-electron chi connectivity index (χ0n) is 12.0. The van der Waals surface area contributed by atoms with E-state index in [1.165, 1.54) is 0 Å². The van der Waals surface area contributed by atoms with Crippen LogP contribution in [0.1, 0.15) is 12.1 Å². The van der Waals surface area contributed by atoms with Gasteiger partial charge in [-0.15, -0.1) is 0 Å². The molecule has 0 aliphatic carbocycles. The van der Waals surface area contributed by atoms with E-state index in [1.54, 1.807) is 10.9 Å². The van der Waals surface area contributed by atoms with Crippen molar-refractivity contribution in [3.05, 3.63) is 16.9 Å². The van der Waals surface area contributed by atoms with E-state index in [2.05, 4.69) is 29.4 Å². The molecule has 108 valence electrons. The molecule has 0 amide bonds. The average molecular weight is 304 g/mol. The van der Waals surface area contributed by atoms with E-state index in [0.717, 1.165) is 30.3 Å². The predicted molar refractivity (Wildman–Crippen MR) is 83.5 cm³/mol. The molecule has 0 aliphatic rings. The maximum atomic E-state index is 6.08. The Labute approximate surface area is 125 Å². The first-order valence-electron chi connectivity index (χ1n) is 6.22. The fraction of sp³-hybridized carbons (Fsp3) is 0.667. The Morgan fingerprint density at radius 1 is 1.47 bits per heavy atom. The Morgan fingerprint density at radius 2 is 2.16 bits per heavy atom. The standard InChI is InChI=1S/C12H22ClN5S/c1-16(2)7-5-6-14-12(19)17(3)9-11-10(13)8-15-18(11)4/h8H,5-7,9H2,1-4H3,(H,14,19). The molecule has 0 unspecified atom stereocenters. The van der Waals surface area contributed by atoms with Gasteiger partial charge in [0.1, 0.15) is 0 Å². The molecule has 0 aliphatic heterocycles. The molecule has 0 saturated carbocycles. The lowest BCUT2D eigenvalue weighted by molar-refractivity contribution is 0.396. The van der Waals surface area contributed by atoms with Crippen LogP contribution in [0.5, 0.6) is 0 Å². The van der Waals surface area contributed by atoms with Crippen molar-refractivity contribution >= 4 is 28.9 Å². The quantitative estimate of drug-likeness (QED) is 0.634. The van der Waals surface area contributed by atoms with Gasteiger partial charge >= 0.3 is 0 Å². The summed E-state index contributed by atoms with van der Waals surface area (Å²) in [6, 6.07) is 0. The molecule has 1 rings (SSSR count). The van der Waals surface area contributed by atoms with Crippen LogP contribution in [0.25, 0.3) is 0 Å². The van der Waals surface area contributed by atoms with E-state index in [-0.39, 0.29) is 0 Å². The van der Waals surface area contributed by atoms with Gasteiger partial charge in [0.25, 0.3) is 0 Å². The summed E-state index contributed by atoms with van der Waals surface area (Å²) in [5.41, 5.74) is 0.960. The minimum Gasteiger partial charge on any atom is -0.363 e. The van der Waals surface area contributed by atoms with Crippen LogP contribution in [0, 0.1) is 0 Å². The van der Waals surface area contributed by atoms with Crippen molar-refractivity contribution in [1.29, 1.82) is 0 Å². The van der Waals surface area contributed by atoms with E-state index < -0.39 is 0 Å². The monoisotopic (exact) mass is 303 g/mol. The van der Waals surface area contributed by atoms with E-state index in [0.29, 0.717) is 11.6 Å². The first-order chi connectivity index (χ1) is 8.91. The average Bonchev–Trinajstić information content (AvgIpc) is 2.65. The molecule has 7 heteroatoms. The van der Waals surface area contributed by atoms with Gasteiger partial charge in [0, 0.05) is 20.6 Å². The molecule has 19 heavy (non-hydrogen) atoms. The van der Waals surface area contributed by atoms with Gasteiger partial charge in [-0.25, -0.2) is 0 Å². The predicted octanol–water partition coefficient (Wildman–Crippen LogP) is 1.33. The smallest absolute Gasteiger partial charge is 0.169 e. The van der Waals surface area contributed by atoms with Crippen molar-refractivity contribution < 1.29 is 0 Å². The van der Waals surface area contributed by atoms with E-state index >= 15 is 0 Å². The van der Waals surface area contributed by atoms with E-state index in [9.17, 15) is 0 Å². The number of aryl methyl sites for hydroxylation is 1. The summed E-state index contributed by atoms with van der Waals surface area (Å²) >= 11 is 11.4. The molecule has 0 spiro atoms. The van der Waals surface area contributed by atoms with Crippen molar-refractivity contribution in [2.24, 2.45) is 7.05 Å². The van der Waals surface area contributed by atoms with Gasteiger partial charge in [-0.3, -0.25) is 4.68 Å². The zero-order chi connectivity index (χ0) is 14.4. The normalized spacial score (nSPS) is 10.8. The number of rotatable bonds is 6. The third-order valence-electron chi connectivity index (χ3n) is 2.80. The first kappa shape index (κ1) is 16.2.